The lowest BCUT2D eigenvalue weighted by Crippen LogP contribution is -2.28. The summed E-state index contributed by atoms with van der Waals surface area (Å²) in [6.45, 7) is 2.31. The molecule has 2 N–H and O–H groups in total. The van der Waals surface area contributed by atoms with Crippen LogP contribution in [-0.2, 0) is 13.6 Å². The van der Waals surface area contributed by atoms with Crippen LogP contribution in [0.3, 0.4) is 0 Å². The van der Waals surface area contributed by atoms with Gasteiger partial charge in [-0.1, -0.05) is 18.2 Å². The lowest BCUT2D eigenvalue weighted by atomic mass is 10.2. The summed E-state index contributed by atoms with van der Waals surface area (Å²) < 4.78 is 1.80. The Morgan fingerprint density at radius 2 is 1.92 bits per heavy atom. The Labute approximate surface area is 140 Å². The van der Waals surface area contributed by atoms with Crippen molar-refractivity contribution in [2.75, 3.05) is 5.32 Å². The molecule has 3 aromatic rings. The first kappa shape index (κ1) is 15.7. The van der Waals surface area contributed by atoms with Gasteiger partial charge >= 0.3 is 6.03 Å². The number of nitrogens with one attached hydrogen (secondary N) is 2. The van der Waals surface area contributed by atoms with Crippen molar-refractivity contribution in [2.45, 2.75) is 13.5 Å². The number of carbonyl (C=O) groups is 1. The summed E-state index contributed by atoms with van der Waals surface area (Å²) >= 11 is 0. The van der Waals surface area contributed by atoms with Crippen LogP contribution in [0.25, 0.3) is 11.3 Å². The maximum absolute atomic E-state index is 12.0. The number of amides is 2. The zero-order chi connectivity index (χ0) is 16.9. The average Bonchev–Trinajstić information content (AvgIpc) is 2.97. The summed E-state index contributed by atoms with van der Waals surface area (Å²) in [6, 6.07) is 13.2. The van der Waals surface area contributed by atoms with Gasteiger partial charge in [-0.15, -0.1) is 0 Å². The first-order chi connectivity index (χ1) is 11.6. The molecule has 2 amide bonds. The smallest absolute Gasteiger partial charge is 0.319 e. The third-order valence-corrected chi connectivity index (χ3v) is 3.73. The minimum atomic E-state index is -0.250. The van der Waals surface area contributed by atoms with E-state index in [2.05, 4.69) is 20.7 Å². The molecule has 6 nitrogen and oxygen atoms in total. The lowest BCUT2D eigenvalue weighted by molar-refractivity contribution is 0.251. The van der Waals surface area contributed by atoms with E-state index in [1.807, 2.05) is 56.4 Å². The molecule has 24 heavy (non-hydrogen) atoms. The minimum absolute atomic E-state index is 0.250. The predicted octanol–water partition coefficient (Wildman–Crippen LogP) is 3.11. The number of benzene rings is 1. The monoisotopic (exact) mass is 321 g/mol. The van der Waals surface area contributed by atoms with Crippen molar-refractivity contribution in [2.24, 2.45) is 7.05 Å². The number of nitrogens with zero attached hydrogens (tertiary/aromatic N) is 3. The third-order valence-electron chi connectivity index (χ3n) is 3.73. The maximum atomic E-state index is 12.0. The quantitative estimate of drug-likeness (QED) is 0.775. The molecule has 6 heteroatoms. The summed E-state index contributed by atoms with van der Waals surface area (Å²) in [5.41, 5.74) is 4.63. The van der Waals surface area contributed by atoms with Gasteiger partial charge in [-0.2, -0.15) is 5.10 Å². The molecular formula is C18H19N5O. The molecule has 0 spiro atoms. The van der Waals surface area contributed by atoms with Gasteiger partial charge < -0.3 is 10.6 Å². The van der Waals surface area contributed by atoms with Crippen LogP contribution in [0.4, 0.5) is 10.5 Å². The fourth-order valence-electron chi connectivity index (χ4n) is 2.46. The second-order valence-electron chi connectivity index (χ2n) is 5.50. The Bertz CT molecular complexity index is 842. The minimum Gasteiger partial charge on any atom is -0.332 e. The zero-order valence-corrected chi connectivity index (χ0v) is 13.7. The van der Waals surface area contributed by atoms with Gasteiger partial charge in [0.2, 0.25) is 0 Å². The number of rotatable bonds is 4. The Hall–Kier alpha value is -3.15. The first-order valence-corrected chi connectivity index (χ1v) is 7.67. The maximum Gasteiger partial charge on any atom is 0.319 e. The average molecular weight is 321 g/mol. The van der Waals surface area contributed by atoms with Gasteiger partial charge in [0.15, 0.2) is 0 Å². The van der Waals surface area contributed by atoms with Crippen LogP contribution in [0.15, 0.2) is 54.9 Å². The van der Waals surface area contributed by atoms with Crippen molar-refractivity contribution in [3.05, 3.63) is 66.1 Å². The second kappa shape index (κ2) is 6.95. The van der Waals surface area contributed by atoms with E-state index < -0.39 is 0 Å². The number of aromatic nitrogens is 3. The number of pyridine rings is 1. The van der Waals surface area contributed by atoms with Crippen LogP contribution < -0.4 is 10.6 Å². The molecule has 0 aliphatic carbocycles. The molecule has 2 heterocycles. The van der Waals surface area contributed by atoms with E-state index >= 15 is 0 Å². The second-order valence-corrected chi connectivity index (χ2v) is 5.50. The van der Waals surface area contributed by atoms with Gasteiger partial charge in [-0.3, -0.25) is 9.67 Å². The Morgan fingerprint density at radius 3 is 2.67 bits per heavy atom. The topological polar surface area (TPSA) is 71.8 Å². The highest BCUT2D eigenvalue weighted by Crippen LogP contribution is 2.18. The van der Waals surface area contributed by atoms with Crippen molar-refractivity contribution in [3.8, 4) is 11.3 Å². The summed E-state index contributed by atoms with van der Waals surface area (Å²) in [7, 11) is 1.88. The Kier molecular flexibility index (Phi) is 4.56. The standard InChI is InChI=1S/C18H19N5O/c1-13-5-3-4-6-16(13)21-18(24)20-12-15-11-17(23(2)22-15)14-7-9-19-10-8-14/h3-11H,12H2,1-2H3,(H2,20,21,24). The van der Waals surface area contributed by atoms with E-state index in [-0.39, 0.29) is 6.03 Å². The largest absolute Gasteiger partial charge is 0.332 e. The fourth-order valence-corrected chi connectivity index (χ4v) is 2.46. The molecule has 2 aromatic heterocycles. The van der Waals surface area contributed by atoms with Crippen LogP contribution >= 0.6 is 0 Å². The van der Waals surface area contributed by atoms with Gasteiger partial charge in [-0.25, -0.2) is 4.79 Å². The van der Waals surface area contributed by atoms with Crippen molar-refractivity contribution >= 4 is 11.7 Å². The Morgan fingerprint density at radius 1 is 1.17 bits per heavy atom. The van der Waals surface area contributed by atoms with Crippen molar-refractivity contribution in [3.63, 3.8) is 0 Å². The molecule has 0 fully saturated rings. The predicted molar refractivity (Wildman–Crippen MR) is 93.5 cm³/mol. The molecule has 0 aliphatic heterocycles. The zero-order valence-electron chi connectivity index (χ0n) is 13.7. The number of hydrogen-bond donors (Lipinski definition) is 2. The number of para-hydroxylation sites is 1. The molecule has 1 aromatic carbocycles. The summed E-state index contributed by atoms with van der Waals surface area (Å²) in [4.78, 5) is 16.1. The molecule has 0 saturated carbocycles. The molecule has 0 radical (unpaired) electrons. The molecule has 0 aliphatic rings. The van der Waals surface area contributed by atoms with Crippen LogP contribution in [0.1, 0.15) is 11.3 Å². The highest BCUT2D eigenvalue weighted by atomic mass is 16.2. The summed E-state index contributed by atoms with van der Waals surface area (Å²) in [6.07, 6.45) is 3.49. The Balaban J connectivity index is 1.63. The first-order valence-electron chi connectivity index (χ1n) is 7.67. The molecular weight excluding hydrogens is 302 g/mol. The number of hydrogen-bond acceptors (Lipinski definition) is 3. The van der Waals surface area contributed by atoms with E-state index in [9.17, 15) is 4.79 Å². The van der Waals surface area contributed by atoms with Gasteiger partial charge in [-0.05, 0) is 36.8 Å². The molecule has 0 atom stereocenters. The fraction of sp³-hybridized carbons (Fsp3) is 0.167. The van der Waals surface area contributed by atoms with Gasteiger partial charge in [0.25, 0.3) is 0 Å². The number of urea groups is 1. The SMILES string of the molecule is Cc1ccccc1NC(=O)NCc1cc(-c2ccncc2)n(C)n1. The van der Waals surface area contributed by atoms with Crippen LogP contribution in [0.5, 0.6) is 0 Å². The van der Waals surface area contributed by atoms with Crippen LogP contribution in [0, 0.1) is 6.92 Å². The van der Waals surface area contributed by atoms with Crippen molar-refractivity contribution in [1.29, 1.82) is 0 Å². The van der Waals surface area contributed by atoms with E-state index in [1.165, 1.54) is 0 Å². The van der Waals surface area contributed by atoms with Crippen molar-refractivity contribution < 1.29 is 4.79 Å². The number of anilines is 1. The highest BCUT2D eigenvalue weighted by molar-refractivity contribution is 5.89. The number of carbonyl (C=O) groups excluding carboxylic acids is 1. The summed E-state index contributed by atoms with van der Waals surface area (Å²) in [5.74, 6) is 0. The number of aryl methyl sites for hydroxylation is 2. The van der Waals surface area contributed by atoms with Gasteiger partial charge in [0, 0.05) is 30.7 Å². The van der Waals surface area contributed by atoms with Crippen LogP contribution in [-0.4, -0.2) is 20.8 Å². The van der Waals surface area contributed by atoms with E-state index in [0.717, 1.165) is 28.2 Å². The molecule has 122 valence electrons. The molecule has 3 rings (SSSR count). The van der Waals surface area contributed by atoms with Crippen molar-refractivity contribution in [1.82, 2.24) is 20.1 Å². The summed E-state index contributed by atoms with van der Waals surface area (Å²) in [5, 5.41) is 10.1. The van der Waals surface area contributed by atoms with E-state index in [4.69, 9.17) is 0 Å². The highest BCUT2D eigenvalue weighted by Gasteiger charge is 2.09. The molecule has 0 saturated heterocycles. The molecule has 0 bridgehead atoms. The van der Waals surface area contributed by atoms with E-state index in [0.29, 0.717) is 6.54 Å². The third kappa shape index (κ3) is 3.60. The lowest BCUT2D eigenvalue weighted by Gasteiger charge is -2.08. The van der Waals surface area contributed by atoms with Gasteiger partial charge in [0.05, 0.1) is 17.9 Å². The van der Waals surface area contributed by atoms with Gasteiger partial charge in [0.1, 0.15) is 0 Å². The normalized spacial score (nSPS) is 10.4. The van der Waals surface area contributed by atoms with Crippen LogP contribution in [0.2, 0.25) is 0 Å². The molecule has 0 unspecified atom stereocenters. The van der Waals surface area contributed by atoms with E-state index in [1.54, 1.807) is 17.1 Å².